The lowest BCUT2D eigenvalue weighted by Crippen LogP contribution is -2.05. The molecule has 2 aromatic heterocycles. The topological polar surface area (TPSA) is 95.9 Å². The molecule has 0 spiro atoms. The first-order valence-corrected chi connectivity index (χ1v) is 12.7. The molecule has 6 nitrogen and oxygen atoms in total. The van der Waals surface area contributed by atoms with Crippen molar-refractivity contribution in [3.63, 3.8) is 0 Å². The van der Waals surface area contributed by atoms with Crippen LogP contribution < -0.4 is 0 Å². The Labute approximate surface area is 223 Å². The summed E-state index contributed by atoms with van der Waals surface area (Å²) in [4.78, 5) is 26.2. The Morgan fingerprint density at radius 1 is 1.16 bits per heavy atom. The highest BCUT2D eigenvalue weighted by molar-refractivity contribution is 7.14. The number of nitrogens with zero attached hydrogens (tertiary/aromatic N) is 3. The van der Waals surface area contributed by atoms with Crippen LogP contribution in [0.25, 0.3) is 17.0 Å². The molecule has 0 saturated carbocycles. The van der Waals surface area contributed by atoms with Crippen molar-refractivity contribution in [1.82, 2.24) is 4.57 Å². The van der Waals surface area contributed by atoms with Gasteiger partial charge < -0.3 is 9.30 Å². The highest BCUT2D eigenvalue weighted by Crippen LogP contribution is 2.30. The Kier molecular flexibility index (Phi) is 7.89. The van der Waals surface area contributed by atoms with Crippen LogP contribution >= 0.6 is 22.9 Å². The zero-order valence-electron chi connectivity index (χ0n) is 20.2. The van der Waals surface area contributed by atoms with E-state index in [1.165, 1.54) is 0 Å². The SMILES string of the molecule is CCOC(=O)c1sc(CC(=O)/C(C#N)=C/c2cn(Cc3cccc(Cl)c3)c3ccccc23)c(C#N)c1C. The van der Waals surface area contributed by atoms with Gasteiger partial charge in [0.2, 0.25) is 0 Å². The Balaban J connectivity index is 1.67. The number of hydrogen-bond donors (Lipinski definition) is 0. The number of hydrogen-bond acceptors (Lipinski definition) is 6. The van der Waals surface area contributed by atoms with Crippen molar-refractivity contribution in [1.29, 1.82) is 10.5 Å². The maximum atomic E-state index is 13.2. The summed E-state index contributed by atoms with van der Waals surface area (Å²) in [6.07, 6.45) is 3.33. The predicted octanol–water partition coefficient (Wildman–Crippen LogP) is 6.48. The number of halogens is 1. The van der Waals surface area contributed by atoms with Crippen molar-refractivity contribution in [3.05, 3.63) is 97.3 Å². The molecular weight excluding hydrogens is 506 g/mol. The number of Topliss-reactive ketones (excluding diaryl/α,β-unsaturated/α-hetero) is 1. The third kappa shape index (κ3) is 5.49. The predicted molar refractivity (Wildman–Crippen MR) is 145 cm³/mol. The number of para-hydroxylation sites is 1. The van der Waals surface area contributed by atoms with E-state index in [1.807, 2.05) is 65.4 Å². The summed E-state index contributed by atoms with van der Waals surface area (Å²) in [6.45, 7) is 4.14. The molecule has 0 aliphatic rings. The molecule has 0 N–H and O–H groups in total. The maximum absolute atomic E-state index is 13.2. The zero-order chi connectivity index (χ0) is 26.5. The van der Waals surface area contributed by atoms with Crippen LogP contribution in [0, 0.1) is 29.6 Å². The molecule has 0 bridgehead atoms. The maximum Gasteiger partial charge on any atom is 0.348 e. The number of rotatable bonds is 8. The standard InChI is InChI=1S/C29H22ClN3O3S/c1-3-36-29(35)28-18(2)24(15-32)27(37-28)13-26(34)20(14-31)12-21-17-33(25-10-5-4-9-23(21)25)16-19-7-6-8-22(30)11-19/h4-12,17H,3,13,16H2,1-2H3/b20-12+. The molecule has 184 valence electrons. The van der Waals surface area contributed by atoms with Crippen LogP contribution in [0.4, 0.5) is 0 Å². The van der Waals surface area contributed by atoms with E-state index in [-0.39, 0.29) is 24.2 Å². The number of allylic oxidation sites excluding steroid dienone is 1. The van der Waals surface area contributed by atoms with Gasteiger partial charge in [0.15, 0.2) is 5.78 Å². The van der Waals surface area contributed by atoms with E-state index in [0.717, 1.165) is 33.4 Å². The van der Waals surface area contributed by atoms with E-state index in [4.69, 9.17) is 16.3 Å². The smallest absolute Gasteiger partial charge is 0.348 e. The lowest BCUT2D eigenvalue weighted by Gasteiger charge is -2.05. The first-order valence-electron chi connectivity index (χ1n) is 11.5. The summed E-state index contributed by atoms with van der Waals surface area (Å²) >= 11 is 7.21. The molecule has 4 rings (SSSR count). The van der Waals surface area contributed by atoms with E-state index in [1.54, 1.807) is 19.9 Å². The zero-order valence-corrected chi connectivity index (χ0v) is 21.8. The molecule has 0 radical (unpaired) electrons. The second-order valence-corrected chi connectivity index (χ2v) is 9.86. The van der Waals surface area contributed by atoms with E-state index < -0.39 is 11.8 Å². The lowest BCUT2D eigenvalue weighted by molar-refractivity contribution is -0.114. The molecule has 0 fully saturated rings. The van der Waals surface area contributed by atoms with Crippen molar-refractivity contribution in [2.75, 3.05) is 6.61 Å². The summed E-state index contributed by atoms with van der Waals surface area (Å²) in [7, 11) is 0. The monoisotopic (exact) mass is 527 g/mol. The molecule has 4 aromatic rings. The third-order valence-electron chi connectivity index (χ3n) is 5.90. The first-order chi connectivity index (χ1) is 17.9. The number of ketones is 1. The third-order valence-corrected chi connectivity index (χ3v) is 7.40. The second-order valence-electron chi connectivity index (χ2n) is 8.32. The number of fused-ring (bicyclic) bond motifs is 1. The molecule has 0 aliphatic carbocycles. The molecule has 0 saturated heterocycles. The van der Waals surface area contributed by atoms with Crippen LogP contribution in [0.2, 0.25) is 5.02 Å². The molecular formula is C29H22ClN3O3S. The summed E-state index contributed by atoms with van der Waals surface area (Å²) in [6, 6.07) is 19.5. The second kappa shape index (κ2) is 11.3. The van der Waals surface area contributed by atoms with Gasteiger partial charge in [-0.05, 0) is 49.2 Å². The fourth-order valence-electron chi connectivity index (χ4n) is 4.16. The van der Waals surface area contributed by atoms with Gasteiger partial charge in [-0.15, -0.1) is 11.3 Å². The van der Waals surface area contributed by atoms with Gasteiger partial charge in [0.05, 0.1) is 17.7 Å². The van der Waals surface area contributed by atoms with Gasteiger partial charge in [-0.1, -0.05) is 41.9 Å². The van der Waals surface area contributed by atoms with Crippen LogP contribution in [0.1, 0.15) is 43.7 Å². The molecule has 2 heterocycles. The Bertz CT molecular complexity index is 1630. The van der Waals surface area contributed by atoms with Crippen molar-refractivity contribution < 1.29 is 14.3 Å². The fourth-order valence-corrected chi connectivity index (χ4v) is 5.52. The van der Waals surface area contributed by atoms with Gasteiger partial charge >= 0.3 is 5.97 Å². The Morgan fingerprint density at radius 3 is 2.65 bits per heavy atom. The van der Waals surface area contributed by atoms with Gasteiger partial charge in [0.1, 0.15) is 17.0 Å². The minimum Gasteiger partial charge on any atom is -0.462 e. The number of nitriles is 2. The average molecular weight is 528 g/mol. The van der Waals surface area contributed by atoms with E-state index >= 15 is 0 Å². The van der Waals surface area contributed by atoms with Crippen LogP contribution in [0.5, 0.6) is 0 Å². The molecule has 0 amide bonds. The number of carbonyl (C=O) groups is 2. The van der Waals surface area contributed by atoms with Gasteiger partial charge in [0, 0.05) is 45.5 Å². The average Bonchev–Trinajstić information content (AvgIpc) is 3.39. The number of esters is 1. The minimum atomic E-state index is -0.524. The largest absolute Gasteiger partial charge is 0.462 e. The van der Waals surface area contributed by atoms with Crippen LogP contribution in [0.15, 0.2) is 60.3 Å². The molecule has 37 heavy (non-hydrogen) atoms. The van der Waals surface area contributed by atoms with Crippen LogP contribution in [0.3, 0.4) is 0 Å². The summed E-state index contributed by atoms with van der Waals surface area (Å²) < 4.78 is 7.12. The molecule has 0 aliphatic heterocycles. The first kappa shape index (κ1) is 25.9. The van der Waals surface area contributed by atoms with Gasteiger partial charge in [-0.2, -0.15) is 10.5 Å². The Hall–Kier alpha value is -4.17. The van der Waals surface area contributed by atoms with Crippen molar-refractivity contribution in [2.45, 2.75) is 26.8 Å². The number of aromatic nitrogens is 1. The van der Waals surface area contributed by atoms with Crippen molar-refractivity contribution >= 4 is 51.7 Å². The van der Waals surface area contributed by atoms with E-state index in [9.17, 15) is 20.1 Å². The molecule has 8 heteroatoms. The van der Waals surface area contributed by atoms with Crippen molar-refractivity contribution in [2.24, 2.45) is 0 Å². The summed E-state index contributed by atoms with van der Waals surface area (Å²) in [5.74, 6) is -0.953. The summed E-state index contributed by atoms with van der Waals surface area (Å²) in [5, 5.41) is 21.0. The van der Waals surface area contributed by atoms with Gasteiger partial charge in [-0.3, -0.25) is 4.79 Å². The minimum absolute atomic E-state index is 0.0294. The number of benzene rings is 2. The molecule has 0 unspecified atom stereocenters. The number of carbonyl (C=O) groups excluding carboxylic acids is 2. The van der Waals surface area contributed by atoms with E-state index in [0.29, 0.717) is 26.9 Å². The number of ether oxygens (including phenoxy) is 1. The van der Waals surface area contributed by atoms with Crippen molar-refractivity contribution in [3.8, 4) is 12.1 Å². The lowest BCUT2D eigenvalue weighted by atomic mass is 10.0. The van der Waals surface area contributed by atoms with Crippen LogP contribution in [-0.4, -0.2) is 22.9 Å². The highest BCUT2D eigenvalue weighted by atomic mass is 35.5. The van der Waals surface area contributed by atoms with Gasteiger partial charge in [-0.25, -0.2) is 4.79 Å². The molecule has 2 aromatic carbocycles. The van der Waals surface area contributed by atoms with E-state index in [2.05, 4.69) is 6.07 Å². The highest BCUT2D eigenvalue weighted by Gasteiger charge is 2.23. The summed E-state index contributed by atoms with van der Waals surface area (Å²) in [5.41, 5.74) is 3.45. The fraction of sp³-hybridized carbons (Fsp3) is 0.172. The Morgan fingerprint density at radius 2 is 1.95 bits per heavy atom. The normalized spacial score (nSPS) is 11.2. The quantitative estimate of drug-likeness (QED) is 0.148. The molecule has 0 atom stereocenters. The van der Waals surface area contributed by atoms with Gasteiger partial charge in [0.25, 0.3) is 0 Å². The number of thiophene rings is 1. The van der Waals surface area contributed by atoms with Crippen LogP contribution in [-0.2, 0) is 22.5 Å².